The number of alkyl halides is 1. The van der Waals surface area contributed by atoms with Crippen molar-refractivity contribution in [2.45, 2.75) is 37.5 Å². The highest BCUT2D eigenvalue weighted by Crippen LogP contribution is 2.30. The monoisotopic (exact) mass is 328 g/mol. The Bertz CT molecular complexity index is 591. The smallest absolute Gasteiger partial charge is 0.111 e. The van der Waals surface area contributed by atoms with Crippen LogP contribution in [-0.2, 0) is 13.0 Å². The Labute approximate surface area is 133 Å². The van der Waals surface area contributed by atoms with Crippen LogP contribution in [0.15, 0.2) is 18.2 Å². The number of hydrogen-bond donors (Lipinski definition) is 0. The number of aryl methyl sites for hydroxylation is 1. The molecule has 2 aromatic rings. The molecule has 108 valence electrons. The van der Waals surface area contributed by atoms with E-state index in [0.29, 0.717) is 11.1 Å². The molecule has 5 heteroatoms. The molecule has 1 aliphatic heterocycles. The molecule has 0 N–H and O–H groups in total. The van der Waals surface area contributed by atoms with Gasteiger partial charge in [-0.05, 0) is 30.7 Å². The standard InChI is InChI=1S/C15H18Cl2N2S/c16-8-7-14-18-13-6-3-5-12(17)15(13)19(14)10-11-4-1-2-9-20-11/h3,5-6,11H,1-2,4,7-10H2. The van der Waals surface area contributed by atoms with Crippen LogP contribution in [0.25, 0.3) is 11.0 Å². The molecule has 0 bridgehead atoms. The largest absolute Gasteiger partial charge is 0.326 e. The van der Waals surface area contributed by atoms with Crippen LogP contribution >= 0.6 is 35.0 Å². The Kier molecular flexibility index (Phi) is 4.79. The van der Waals surface area contributed by atoms with Gasteiger partial charge in [0.1, 0.15) is 5.82 Å². The maximum atomic E-state index is 6.39. The molecule has 1 saturated heterocycles. The third-order valence-electron chi connectivity index (χ3n) is 3.77. The first kappa shape index (κ1) is 14.6. The molecule has 1 aliphatic rings. The zero-order chi connectivity index (χ0) is 13.9. The van der Waals surface area contributed by atoms with E-state index < -0.39 is 0 Å². The number of imidazole rings is 1. The molecule has 0 amide bonds. The number of benzene rings is 1. The van der Waals surface area contributed by atoms with Crippen molar-refractivity contribution in [2.75, 3.05) is 11.6 Å². The molecule has 2 heterocycles. The highest BCUT2D eigenvalue weighted by atomic mass is 35.5. The number of para-hydroxylation sites is 1. The maximum absolute atomic E-state index is 6.39. The van der Waals surface area contributed by atoms with E-state index in [0.717, 1.165) is 34.8 Å². The van der Waals surface area contributed by atoms with Gasteiger partial charge in [-0.2, -0.15) is 11.8 Å². The molecular weight excluding hydrogens is 311 g/mol. The van der Waals surface area contributed by atoms with Crippen molar-refractivity contribution in [3.8, 4) is 0 Å². The average Bonchev–Trinajstić information content (AvgIpc) is 2.80. The Hall–Kier alpha value is -0.380. The minimum atomic E-state index is 0.596. The first-order valence-electron chi connectivity index (χ1n) is 7.11. The van der Waals surface area contributed by atoms with Gasteiger partial charge in [0.05, 0.1) is 16.1 Å². The minimum Gasteiger partial charge on any atom is -0.326 e. The van der Waals surface area contributed by atoms with Crippen LogP contribution in [-0.4, -0.2) is 26.4 Å². The molecule has 0 spiro atoms. The molecule has 0 aliphatic carbocycles. The molecule has 1 aromatic heterocycles. The SMILES string of the molecule is ClCCc1nc2cccc(Cl)c2n1CC1CCCCS1. The lowest BCUT2D eigenvalue weighted by Crippen LogP contribution is -2.18. The van der Waals surface area contributed by atoms with Gasteiger partial charge in [-0.25, -0.2) is 4.98 Å². The quantitative estimate of drug-likeness (QED) is 0.753. The fourth-order valence-corrected chi connectivity index (χ4v) is 4.55. The van der Waals surface area contributed by atoms with Crippen LogP contribution in [0.1, 0.15) is 25.1 Å². The van der Waals surface area contributed by atoms with Crippen molar-refractivity contribution in [3.63, 3.8) is 0 Å². The first-order chi connectivity index (χ1) is 9.79. The molecule has 3 rings (SSSR count). The molecule has 1 unspecified atom stereocenters. The number of hydrogen-bond acceptors (Lipinski definition) is 2. The molecule has 1 fully saturated rings. The summed E-state index contributed by atoms with van der Waals surface area (Å²) >= 11 is 14.4. The van der Waals surface area contributed by atoms with E-state index in [-0.39, 0.29) is 0 Å². The molecule has 0 radical (unpaired) electrons. The molecular formula is C15H18Cl2N2S. The van der Waals surface area contributed by atoms with Gasteiger partial charge in [-0.1, -0.05) is 24.1 Å². The van der Waals surface area contributed by atoms with E-state index in [9.17, 15) is 0 Å². The number of nitrogens with zero attached hydrogens (tertiary/aromatic N) is 2. The van der Waals surface area contributed by atoms with Crippen molar-refractivity contribution in [3.05, 3.63) is 29.0 Å². The second-order valence-corrected chi connectivity index (χ2v) is 7.37. The second kappa shape index (κ2) is 6.59. The van der Waals surface area contributed by atoms with Crippen LogP contribution in [0.5, 0.6) is 0 Å². The van der Waals surface area contributed by atoms with Gasteiger partial charge < -0.3 is 4.57 Å². The maximum Gasteiger partial charge on any atom is 0.111 e. The second-order valence-electron chi connectivity index (χ2n) is 5.17. The summed E-state index contributed by atoms with van der Waals surface area (Å²) in [5.41, 5.74) is 2.05. The molecule has 0 saturated carbocycles. The van der Waals surface area contributed by atoms with E-state index in [4.69, 9.17) is 28.2 Å². The Morgan fingerprint density at radius 1 is 1.35 bits per heavy atom. The molecule has 2 nitrogen and oxygen atoms in total. The Balaban J connectivity index is 1.98. The molecule has 1 atom stereocenters. The van der Waals surface area contributed by atoms with Crippen molar-refractivity contribution >= 4 is 46.0 Å². The van der Waals surface area contributed by atoms with Crippen LogP contribution < -0.4 is 0 Å². The summed E-state index contributed by atoms with van der Waals surface area (Å²) in [6.45, 7) is 0.997. The van der Waals surface area contributed by atoms with Gasteiger partial charge in [0, 0.05) is 24.1 Å². The summed E-state index contributed by atoms with van der Waals surface area (Å²) in [4.78, 5) is 4.71. The Morgan fingerprint density at radius 3 is 3.00 bits per heavy atom. The normalized spacial score (nSPS) is 19.6. The van der Waals surface area contributed by atoms with Gasteiger partial charge >= 0.3 is 0 Å². The summed E-state index contributed by atoms with van der Waals surface area (Å²) in [7, 11) is 0. The summed E-state index contributed by atoms with van der Waals surface area (Å²) in [6.07, 6.45) is 4.77. The van der Waals surface area contributed by atoms with E-state index in [1.54, 1.807) is 0 Å². The lowest BCUT2D eigenvalue weighted by molar-refractivity contribution is 0.577. The fourth-order valence-electron chi connectivity index (χ4n) is 2.82. The lowest BCUT2D eigenvalue weighted by Gasteiger charge is -2.23. The Morgan fingerprint density at radius 2 is 2.25 bits per heavy atom. The fraction of sp³-hybridized carbons (Fsp3) is 0.533. The van der Waals surface area contributed by atoms with Gasteiger partial charge in [0.2, 0.25) is 0 Å². The van der Waals surface area contributed by atoms with E-state index in [1.807, 2.05) is 18.2 Å². The van der Waals surface area contributed by atoms with Crippen LogP contribution in [0.3, 0.4) is 0 Å². The van der Waals surface area contributed by atoms with Crippen molar-refractivity contribution in [1.82, 2.24) is 9.55 Å². The third kappa shape index (κ3) is 2.95. The lowest BCUT2D eigenvalue weighted by atomic mass is 10.2. The number of rotatable bonds is 4. The predicted molar refractivity (Wildman–Crippen MR) is 89.3 cm³/mol. The van der Waals surface area contributed by atoms with Crippen LogP contribution in [0.4, 0.5) is 0 Å². The van der Waals surface area contributed by atoms with Crippen LogP contribution in [0.2, 0.25) is 5.02 Å². The highest BCUT2D eigenvalue weighted by molar-refractivity contribution is 7.99. The number of aromatic nitrogens is 2. The topological polar surface area (TPSA) is 17.8 Å². The van der Waals surface area contributed by atoms with Crippen LogP contribution in [0, 0.1) is 0 Å². The van der Waals surface area contributed by atoms with E-state index >= 15 is 0 Å². The van der Waals surface area contributed by atoms with Gasteiger partial charge in [0.15, 0.2) is 0 Å². The number of thioether (sulfide) groups is 1. The highest BCUT2D eigenvalue weighted by Gasteiger charge is 2.19. The van der Waals surface area contributed by atoms with Crippen molar-refractivity contribution in [2.24, 2.45) is 0 Å². The zero-order valence-corrected chi connectivity index (χ0v) is 13.6. The zero-order valence-electron chi connectivity index (χ0n) is 11.3. The van der Waals surface area contributed by atoms with E-state index in [2.05, 4.69) is 16.3 Å². The summed E-state index contributed by atoms with van der Waals surface area (Å²) in [6, 6.07) is 5.94. The third-order valence-corrected chi connectivity index (χ3v) is 5.65. The van der Waals surface area contributed by atoms with Gasteiger partial charge in [-0.15, -0.1) is 11.6 Å². The number of fused-ring (bicyclic) bond motifs is 1. The molecule has 1 aromatic carbocycles. The average molecular weight is 329 g/mol. The summed E-state index contributed by atoms with van der Waals surface area (Å²) in [5, 5.41) is 1.46. The van der Waals surface area contributed by atoms with E-state index in [1.165, 1.54) is 25.0 Å². The molecule has 20 heavy (non-hydrogen) atoms. The number of halogens is 2. The predicted octanol–water partition coefficient (Wildman–Crippen LogP) is 4.76. The van der Waals surface area contributed by atoms with Crippen molar-refractivity contribution < 1.29 is 0 Å². The van der Waals surface area contributed by atoms with Gasteiger partial charge in [-0.3, -0.25) is 0 Å². The summed E-state index contributed by atoms with van der Waals surface area (Å²) in [5.74, 6) is 2.93. The van der Waals surface area contributed by atoms with Gasteiger partial charge in [0.25, 0.3) is 0 Å². The van der Waals surface area contributed by atoms with Crippen molar-refractivity contribution in [1.29, 1.82) is 0 Å². The minimum absolute atomic E-state index is 0.596. The summed E-state index contributed by atoms with van der Waals surface area (Å²) < 4.78 is 2.29. The first-order valence-corrected chi connectivity index (χ1v) is 9.07.